The van der Waals surface area contributed by atoms with Crippen molar-refractivity contribution >= 4 is 33.1 Å². The van der Waals surface area contributed by atoms with Crippen LogP contribution in [0.2, 0.25) is 0 Å². The number of likely N-dealkylation sites (N-methyl/N-ethyl adjacent to an activating group) is 1. The van der Waals surface area contributed by atoms with E-state index in [0.29, 0.717) is 45.0 Å². The van der Waals surface area contributed by atoms with Crippen LogP contribution in [0.25, 0.3) is 0 Å². The van der Waals surface area contributed by atoms with Crippen molar-refractivity contribution in [1.29, 1.82) is 0 Å². The summed E-state index contributed by atoms with van der Waals surface area (Å²) in [5.41, 5.74) is 5.23. The van der Waals surface area contributed by atoms with Crippen molar-refractivity contribution in [3.05, 3.63) is 45.1 Å². The Morgan fingerprint density at radius 1 is 1.21 bits per heavy atom. The van der Waals surface area contributed by atoms with Gasteiger partial charge in [-0.1, -0.05) is 13.3 Å². The molecule has 3 rings (SSSR count). The summed E-state index contributed by atoms with van der Waals surface area (Å²) in [5, 5.41) is 2.67. The Bertz CT molecular complexity index is 1230. The molecule has 0 bridgehead atoms. The molecule has 186 valence electrons. The molecule has 12 nitrogen and oxygen atoms in total. The Morgan fingerprint density at radius 3 is 2.47 bits per heavy atom. The third kappa shape index (κ3) is 5.66. The van der Waals surface area contributed by atoms with Gasteiger partial charge in [-0.2, -0.15) is 4.31 Å². The van der Waals surface area contributed by atoms with Gasteiger partial charge in [-0.3, -0.25) is 19.1 Å². The summed E-state index contributed by atoms with van der Waals surface area (Å²) in [5.74, 6) is -0.452. The van der Waals surface area contributed by atoms with E-state index >= 15 is 0 Å². The molecule has 1 aliphatic rings. The average molecular weight is 495 g/mol. The van der Waals surface area contributed by atoms with Crippen molar-refractivity contribution in [3.8, 4) is 0 Å². The highest BCUT2D eigenvalue weighted by Crippen LogP contribution is 2.20. The number of hydrogen-bond donors (Lipinski definition) is 3. The Balaban J connectivity index is 1.69. The summed E-state index contributed by atoms with van der Waals surface area (Å²) in [6, 6.07) is 5.85. The number of amides is 1. The van der Waals surface area contributed by atoms with Gasteiger partial charge < -0.3 is 20.7 Å². The molecular formula is C21H30N6O6S. The SMILES string of the molecule is CCCCn1c(N)c(N(C)CC(=O)Nc2ccc(S(=O)(=O)N3CCOCC3)cc2)c(=O)[nH]c1=O. The first kappa shape index (κ1) is 25.5. The summed E-state index contributed by atoms with van der Waals surface area (Å²) in [6.07, 6.45) is 1.54. The highest BCUT2D eigenvalue weighted by Gasteiger charge is 2.26. The lowest BCUT2D eigenvalue weighted by atomic mass is 10.3. The van der Waals surface area contributed by atoms with Gasteiger partial charge in [0, 0.05) is 32.4 Å². The van der Waals surface area contributed by atoms with Crippen molar-refractivity contribution in [2.45, 2.75) is 31.2 Å². The van der Waals surface area contributed by atoms with Crippen LogP contribution in [-0.4, -0.2) is 68.1 Å². The van der Waals surface area contributed by atoms with Gasteiger partial charge in [-0.15, -0.1) is 0 Å². The van der Waals surface area contributed by atoms with Crippen molar-refractivity contribution in [1.82, 2.24) is 13.9 Å². The number of sulfonamides is 1. The number of aromatic amines is 1. The van der Waals surface area contributed by atoms with Crippen LogP contribution >= 0.6 is 0 Å². The normalized spacial score (nSPS) is 14.6. The summed E-state index contributed by atoms with van der Waals surface area (Å²) in [4.78, 5) is 40.7. The molecule has 13 heteroatoms. The number of H-pyrrole nitrogens is 1. The van der Waals surface area contributed by atoms with Gasteiger partial charge in [-0.05, 0) is 30.7 Å². The van der Waals surface area contributed by atoms with Crippen LogP contribution in [0.15, 0.2) is 38.8 Å². The minimum atomic E-state index is -3.63. The Hall–Kier alpha value is -3.16. The van der Waals surface area contributed by atoms with Crippen LogP contribution in [-0.2, 0) is 26.1 Å². The fourth-order valence-corrected chi connectivity index (χ4v) is 5.03. The van der Waals surface area contributed by atoms with Gasteiger partial charge >= 0.3 is 5.69 Å². The van der Waals surface area contributed by atoms with E-state index in [2.05, 4.69) is 10.3 Å². The van der Waals surface area contributed by atoms with Gasteiger partial charge in [0.05, 0.1) is 24.7 Å². The molecule has 0 saturated carbocycles. The van der Waals surface area contributed by atoms with E-state index in [-0.39, 0.29) is 22.9 Å². The van der Waals surface area contributed by atoms with Gasteiger partial charge in [-0.25, -0.2) is 13.2 Å². The molecule has 34 heavy (non-hydrogen) atoms. The third-order valence-corrected chi connectivity index (χ3v) is 7.37. The third-order valence-electron chi connectivity index (χ3n) is 5.46. The molecule has 0 spiro atoms. The maximum Gasteiger partial charge on any atom is 0.330 e. The van der Waals surface area contributed by atoms with Crippen molar-refractivity contribution in [3.63, 3.8) is 0 Å². The monoisotopic (exact) mass is 494 g/mol. The van der Waals surface area contributed by atoms with Crippen molar-refractivity contribution in [2.24, 2.45) is 0 Å². The van der Waals surface area contributed by atoms with E-state index in [9.17, 15) is 22.8 Å². The number of hydrogen-bond acceptors (Lipinski definition) is 8. The number of anilines is 3. The number of carbonyl (C=O) groups is 1. The van der Waals surface area contributed by atoms with Crippen LogP contribution in [0.1, 0.15) is 19.8 Å². The molecule has 1 aromatic carbocycles. The maximum atomic E-state index is 12.7. The summed E-state index contributed by atoms with van der Waals surface area (Å²) in [7, 11) is -2.11. The van der Waals surface area contributed by atoms with Crippen LogP contribution in [0.4, 0.5) is 17.2 Å². The van der Waals surface area contributed by atoms with E-state index in [1.54, 1.807) is 0 Å². The van der Waals surface area contributed by atoms with Gasteiger partial charge in [0.2, 0.25) is 15.9 Å². The number of nitrogen functional groups attached to an aromatic ring is 1. The summed E-state index contributed by atoms with van der Waals surface area (Å²) < 4.78 is 33.3. The van der Waals surface area contributed by atoms with Gasteiger partial charge in [0.1, 0.15) is 11.5 Å². The molecule has 0 unspecified atom stereocenters. The number of carbonyl (C=O) groups excluding carboxylic acids is 1. The van der Waals surface area contributed by atoms with Gasteiger partial charge in [0.25, 0.3) is 5.56 Å². The summed E-state index contributed by atoms with van der Waals surface area (Å²) >= 11 is 0. The van der Waals surface area contributed by atoms with Gasteiger partial charge in [0.15, 0.2) is 0 Å². The van der Waals surface area contributed by atoms with Crippen LogP contribution in [0.5, 0.6) is 0 Å². The highest BCUT2D eigenvalue weighted by molar-refractivity contribution is 7.89. The largest absolute Gasteiger partial charge is 0.383 e. The quantitative estimate of drug-likeness (QED) is 0.440. The number of ether oxygens (including phenoxy) is 1. The fourth-order valence-electron chi connectivity index (χ4n) is 3.63. The molecule has 0 aliphatic carbocycles. The second-order valence-corrected chi connectivity index (χ2v) is 9.88. The number of aromatic nitrogens is 2. The first-order valence-electron chi connectivity index (χ1n) is 11.0. The minimum absolute atomic E-state index is 0.00447. The molecule has 4 N–H and O–H groups in total. The molecule has 2 heterocycles. The van der Waals surface area contributed by atoms with E-state index in [1.807, 2.05) is 6.92 Å². The highest BCUT2D eigenvalue weighted by atomic mass is 32.2. The second kappa shape index (κ2) is 10.8. The fraction of sp³-hybridized carbons (Fsp3) is 0.476. The topological polar surface area (TPSA) is 160 Å². The molecule has 1 aliphatic heterocycles. The number of morpholine rings is 1. The van der Waals surface area contributed by atoms with E-state index in [1.165, 1.54) is 45.1 Å². The molecule has 0 radical (unpaired) electrons. The Morgan fingerprint density at radius 2 is 1.85 bits per heavy atom. The van der Waals surface area contributed by atoms with Crippen molar-refractivity contribution in [2.75, 3.05) is 55.8 Å². The standard InChI is InChI=1S/C21H30N6O6S/c1-3-4-9-27-19(22)18(20(29)24-21(27)30)25(2)14-17(28)23-15-5-7-16(8-6-15)34(31,32)26-10-12-33-13-11-26/h5-8H,3-4,9-14,22H2,1-2H3,(H,23,28)(H,24,29,30). The van der Waals surface area contributed by atoms with Crippen molar-refractivity contribution < 1.29 is 17.9 Å². The second-order valence-electron chi connectivity index (χ2n) is 7.94. The van der Waals surface area contributed by atoms with Crippen LogP contribution in [0.3, 0.4) is 0 Å². The number of rotatable bonds is 9. The summed E-state index contributed by atoms with van der Waals surface area (Å²) in [6.45, 7) is 3.39. The number of nitrogens with two attached hydrogens (primary N) is 1. The molecule has 1 amide bonds. The molecule has 1 aromatic heterocycles. The predicted molar refractivity (Wildman–Crippen MR) is 129 cm³/mol. The first-order valence-corrected chi connectivity index (χ1v) is 12.4. The molecule has 2 aromatic rings. The first-order chi connectivity index (χ1) is 16.1. The number of benzene rings is 1. The number of nitrogens with one attached hydrogen (secondary N) is 2. The lowest BCUT2D eigenvalue weighted by Crippen LogP contribution is -2.40. The zero-order valence-electron chi connectivity index (χ0n) is 19.2. The Labute approximate surface area is 197 Å². The molecule has 0 atom stereocenters. The Kier molecular flexibility index (Phi) is 8.12. The zero-order valence-corrected chi connectivity index (χ0v) is 20.1. The van der Waals surface area contributed by atoms with E-state index < -0.39 is 27.2 Å². The number of unbranched alkanes of at least 4 members (excludes halogenated alkanes) is 1. The zero-order chi connectivity index (χ0) is 24.9. The van der Waals surface area contributed by atoms with Crippen LogP contribution < -0.4 is 27.2 Å². The predicted octanol–water partition coefficient (Wildman–Crippen LogP) is 0.0147. The smallest absolute Gasteiger partial charge is 0.330 e. The molecular weight excluding hydrogens is 464 g/mol. The van der Waals surface area contributed by atoms with Crippen LogP contribution in [0, 0.1) is 0 Å². The van der Waals surface area contributed by atoms with E-state index in [0.717, 1.165) is 6.42 Å². The maximum absolute atomic E-state index is 12.7. The number of nitrogens with zero attached hydrogens (tertiary/aromatic N) is 3. The van der Waals surface area contributed by atoms with E-state index in [4.69, 9.17) is 10.5 Å². The molecule has 1 fully saturated rings. The average Bonchev–Trinajstić information content (AvgIpc) is 2.79. The lowest BCUT2D eigenvalue weighted by Gasteiger charge is -2.26. The molecule has 1 saturated heterocycles. The minimum Gasteiger partial charge on any atom is -0.383 e. The lowest BCUT2D eigenvalue weighted by molar-refractivity contribution is -0.114.